The summed E-state index contributed by atoms with van der Waals surface area (Å²) in [4.78, 5) is 17.3. The van der Waals surface area contributed by atoms with Gasteiger partial charge in [0.05, 0.1) is 17.6 Å². The summed E-state index contributed by atoms with van der Waals surface area (Å²) in [5.74, 6) is 0.682. The van der Waals surface area contributed by atoms with Gasteiger partial charge in [-0.1, -0.05) is 47.5 Å². The van der Waals surface area contributed by atoms with E-state index in [0.29, 0.717) is 23.7 Å². The van der Waals surface area contributed by atoms with Gasteiger partial charge < -0.3 is 9.88 Å². The quantitative estimate of drug-likeness (QED) is 0.492. The van der Waals surface area contributed by atoms with Crippen LogP contribution in [-0.4, -0.2) is 15.5 Å². The normalized spacial score (nSPS) is 11.0. The zero-order valence-electron chi connectivity index (χ0n) is 16.4. The number of imidazole rings is 1. The van der Waals surface area contributed by atoms with Gasteiger partial charge in [-0.25, -0.2) is 4.98 Å². The Morgan fingerprint density at radius 3 is 2.59 bits per heavy atom. The molecule has 0 bridgehead atoms. The molecule has 0 aliphatic rings. The predicted octanol–water partition coefficient (Wildman–Crippen LogP) is 5.28. The summed E-state index contributed by atoms with van der Waals surface area (Å²) in [7, 11) is 0. The lowest BCUT2D eigenvalue weighted by molar-refractivity contribution is 0.0949. The van der Waals surface area contributed by atoms with Crippen LogP contribution in [0.2, 0.25) is 5.02 Å². The minimum absolute atomic E-state index is 0.146. The second kappa shape index (κ2) is 8.10. The van der Waals surface area contributed by atoms with Crippen LogP contribution in [0.5, 0.6) is 0 Å². The minimum atomic E-state index is -0.146. The van der Waals surface area contributed by atoms with Gasteiger partial charge in [0.2, 0.25) is 0 Å². The topological polar surface area (TPSA) is 46.9 Å². The monoisotopic (exact) mass is 403 g/mol. The standard InChI is InChI=1S/C24H22ClN3O/c1-16-7-8-17(2)19(13-16)15-28-22-6-4-3-5-21(22)27-23(28)14-26-24(29)18-9-11-20(25)12-10-18/h3-13H,14-15H2,1-2H3,(H,26,29). The molecule has 0 radical (unpaired) electrons. The van der Waals surface area contributed by atoms with Crippen LogP contribution in [0.1, 0.15) is 32.9 Å². The first-order valence-corrected chi connectivity index (χ1v) is 9.93. The number of nitrogens with one attached hydrogen (secondary N) is 1. The number of amides is 1. The third kappa shape index (κ3) is 4.17. The van der Waals surface area contributed by atoms with E-state index in [-0.39, 0.29) is 5.91 Å². The number of aromatic nitrogens is 2. The van der Waals surface area contributed by atoms with E-state index < -0.39 is 0 Å². The Kier molecular flexibility index (Phi) is 5.36. The summed E-state index contributed by atoms with van der Waals surface area (Å²) < 4.78 is 2.18. The van der Waals surface area contributed by atoms with Gasteiger partial charge in [-0.15, -0.1) is 0 Å². The number of hydrogen-bond donors (Lipinski definition) is 1. The zero-order valence-corrected chi connectivity index (χ0v) is 17.2. The molecule has 1 amide bonds. The van der Waals surface area contributed by atoms with Gasteiger partial charge in [0.1, 0.15) is 5.82 Å². The van der Waals surface area contributed by atoms with Crippen LogP contribution in [0.3, 0.4) is 0 Å². The molecule has 0 aliphatic carbocycles. The lowest BCUT2D eigenvalue weighted by Crippen LogP contribution is -2.25. The number of rotatable bonds is 5. The highest BCUT2D eigenvalue weighted by atomic mass is 35.5. The van der Waals surface area contributed by atoms with Crippen LogP contribution >= 0.6 is 11.6 Å². The van der Waals surface area contributed by atoms with E-state index in [4.69, 9.17) is 16.6 Å². The van der Waals surface area contributed by atoms with E-state index >= 15 is 0 Å². The smallest absolute Gasteiger partial charge is 0.251 e. The van der Waals surface area contributed by atoms with Gasteiger partial charge in [-0.3, -0.25) is 4.79 Å². The van der Waals surface area contributed by atoms with Crippen LogP contribution in [0, 0.1) is 13.8 Å². The maximum atomic E-state index is 12.5. The van der Waals surface area contributed by atoms with Crippen molar-refractivity contribution in [3.05, 3.63) is 99.8 Å². The number of halogens is 1. The fraction of sp³-hybridized carbons (Fsp3) is 0.167. The zero-order chi connectivity index (χ0) is 20.4. The summed E-state index contributed by atoms with van der Waals surface area (Å²) in [6.07, 6.45) is 0. The van der Waals surface area contributed by atoms with Crippen molar-refractivity contribution in [1.82, 2.24) is 14.9 Å². The second-order valence-corrected chi connectivity index (χ2v) is 7.66. The summed E-state index contributed by atoms with van der Waals surface area (Å²) in [5.41, 5.74) is 6.28. The maximum absolute atomic E-state index is 12.5. The lowest BCUT2D eigenvalue weighted by Gasteiger charge is -2.13. The number of benzene rings is 3. The largest absolute Gasteiger partial charge is 0.345 e. The van der Waals surface area contributed by atoms with Crippen LogP contribution in [0.15, 0.2) is 66.7 Å². The molecule has 5 heteroatoms. The number of fused-ring (bicyclic) bond motifs is 1. The fourth-order valence-corrected chi connectivity index (χ4v) is 3.57. The van der Waals surface area contributed by atoms with Gasteiger partial charge in [0, 0.05) is 17.1 Å². The fourth-order valence-electron chi connectivity index (χ4n) is 3.44. The molecule has 4 rings (SSSR count). The van der Waals surface area contributed by atoms with Crippen molar-refractivity contribution in [2.24, 2.45) is 0 Å². The van der Waals surface area contributed by atoms with E-state index in [0.717, 1.165) is 16.9 Å². The molecule has 0 saturated carbocycles. The highest BCUT2D eigenvalue weighted by molar-refractivity contribution is 6.30. The number of nitrogens with zero attached hydrogens (tertiary/aromatic N) is 2. The van der Waals surface area contributed by atoms with E-state index in [9.17, 15) is 4.79 Å². The van der Waals surface area contributed by atoms with Crippen LogP contribution in [0.4, 0.5) is 0 Å². The Balaban J connectivity index is 1.63. The Hall–Kier alpha value is -3.11. The molecule has 0 aliphatic heterocycles. The molecule has 3 aromatic carbocycles. The molecular formula is C24H22ClN3O. The minimum Gasteiger partial charge on any atom is -0.345 e. The molecule has 1 aromatic heterocycles. The molecule has 0 spiro atoms. The summed E-state index contributed by atoms with van der Waals surface area (Å²) in [5, 5.41) is 3.59. The van der Waals surface area contributed by atoms with E-state index in [2.05, 4.69) is 48.0 Å². The number of carbonyl (C=O) groups excluding carboxylic acids is 1. The second-order valence-electron chi connectivity index (χ2n) is 7.22. The first-order valence-electron chi connectivity index (χ1n) is 9.55. The van der Waals surface area contributed by atoms with Crippen LogP contribution < -0.4 is 5.32 Å². The highest BCUT2D eigenvalue weighted by Crippen LogP contribution is 2.20. The van der Waals surface area contributed by atoms with Crippen molar-refractivity contribution in [2.45, 2.75) is 26.9 Å². The molecule has 4 nitrogen and oxygen atoms in total. The third-order valence-electron chi connectivity index (χ3n) is 5.08. The van der Waals surface area contributed by atoms with Gasteiger partial charge in [0.25, 0.3) is 5.91 Å². The van der Waals surface area contributed by atoms with Crippen molar-refractivity contribution in [1.29, 1.82) is 0 Å². The molecule has 0 fully saturated rings. The highest BCUT2D eigenvalue weighted by Gasteiger charge is 2.14. The van der Waals surface area contributed by atoms with E-state index in [1.54, 1.807) is 24.3 Å². The SMILES string of the molecule is Cc1ccc(C)c(Cn2c(CNC(=O)c3ccc(Cl)cc3)nc3ccccc32)c1. The molecule has 0 saturated heterocycles. The van der Waals surface area contributed by atoms with E-state index in [1.807, 2.05) is 18.2 Å². The summed E-state index contributed by atoms with van der Waals surface area (Å²) >= 11 is 5.91. The molecule has 4 aromatic rings. The Morgan fingerprint density at radius 1 is 1.03 bits per heavy atom. The lowest BCUT2D eigenvalue weighted by atomic mass is 10.1. The van der Waals surface area contributed by atoms with Crippen molar-refractivity contribution in [3.63, 3.8) is 0 Å². The number of aryl methyl sites for hydroxylation is 2. The van der Waals surface area contributed by atoms with Gasteiger partial charge >= 0.3 is 0 Å². The van der Waals surface area contributed by atoms with Crippen LogP contribution in [-0.2, 0) is 13.1 Å². The van der Waals surface area contributed by atoms with Gasteiger partial charge in [-0.05, 0) is 61.4 Å². The molecule has 1 N–H and O–H groups in total. The molecule has 29 heavy (non-hydrogen) atoms. The van der Waals surface area contributed by atoms with Crippen molar-refractivity contribution >= 4 is 28.5 Å². The van der Waals surface area contributed by atoms with E-state index in [1.165, 1.54) is 16.7 Å². The Labute approximate surface area is 175 Å². The molecule has 0 unspecified atom stereocenters. The number of carbonyl (C=O) groups is 1. The Bertz CT molecular complexity index is 1180. The molecular weight excluding hydrogens is 382 g/mol. The van der Waals surface area contributed by atoms with Crippen molar-refractivity contribution in [3.8, 4) is 0 Å². The number of para-hydroxylation sites is 2. The molecule has 0 atom stereocenters. The van der Waals surface area contributed by atoms with Crippen molar-refractivity contribution < 1.29 is 4.79 Å². The first-order chi connectivity index (χ1) is 14.0. The average molecular weight is 404 g/mol. The van der Waals surface area contributed by atoms with Gasteiger partial charge in [0.15, 0.2) is 0 Å². The van der Waals surface area contributed by atoms with Crippen LogP contribution in [0.25, 0.3) is 11.0 Å². The summed E-state index contributed by atoms with van der Waals surface area (Å²) in [6.45, 7) is 5.28. The third-order valence-corrected chi connectivity index (χ3v) is 5.33. The molecule has 146 valence electrons. The predicted molar refractivity (Wildman–Crippen MR) is 117 cm³/mol. The average Bonchev–Trinajstić information content (AvgIpc) is 3.07. The van der Waals surface area contributed by atoms with Crippen molar-refractivity contribution in [2.75, 3.05) is 0 Å². The Morgan fingerprint density at radius 2 is 1.79 bits per heavy atom. The summed E-state index contributed by atoms with van der Waals surface area (Å²) in [6, 6.07) is 21.4. The first kappa shape index (κ1) is 19.2. The van der Waals surface area contributed by atoms with Gasteiger partial charge in [-0.2, -0.15) is 0 Å². The number of hydrogen-bond acceptors (Lipinski definition) is 2. The maximum Gasteiger partial charge on any atom is 0.251 e. The molecule has 1 heterocycles.